The number of carbonyl (C=O) groups is 1. The minimum atomic E-state index is -0.328. The van der Waals surface area contributed by atoms with Crippen molar-refractivity contribution >= 4 is 23.2 Å². The monoisotopic (exact) mass is 277 g/mol. The molecule has 0 spiro atoms. The number of hydrogen-bond donors (Lipinski definition) is 1. The van der Waals surface area contributed by atoms with Crippen LogP contribution in [0.1, 0.15) is 21.5 Å². The van der Waals surface area contributed by atoms with Gasteiger partial charge in [0.2, 0.25) is 0 Å². The summed E-state index contributed by atoms with van der Waals surface area (Å²) < 4.78 is 13.2. The lowest BCUT2D eigenvalue weighted by molar-refractivity contribution is 0.102. The Balaban J connectivity index is 2.28. The molecule has 2 nitrogen and oxygen atoms in total. The van der Waals surface area contributed by atoms with Gasteiger partial charge < -0.3 is 5.32 Å². The van der Waals surface area contributed by atoms with Gasteiger partial charge in [-0.2, -0.15) is 0 Å². The molecule has 1 N–H and O–H groups in total. The second-order valence-electron chi connectivity index (χ2n) is 4.35. The zero-order valence-electron chi connectivity index (χ0n) is 10.6. The van der Waals surface area contributed by atoms with Crippen LogP contribution >= 0.6 is 11.6 Å². The molecular weight excluding hydrogens is 265 g/mol. The van der Waals surface area contributed by atoms with Crippen molar-refractivity contribution in [2.75, 3.05) is 5.32 Å². The number of anilines is 1. The van der Waals surface area contributed by atoms with Crippen LogP contribution in [0.25, 0.3) is 0 Å². The van der Waals surface area contributed by atoms with Gasteiger partial charge in [-0.3, -0.25) is 4.79 Å². The second-order valence-corrected chi connectivity index (χ2v) is 4.76. The highest BCUT2D eigenvalue weighted by Crippen LogP contribution is 2.25. The van der Waals surface area contributed by atoms with Crippen molar-refractivity contribution in [3.63, 3.8) is 0 Å². The first-order valence-corrected chi connectivity index (χ1v) is 6.19. The van der Waals surface area contributed by atoms with Crippen LogP contribution in [0.15, 0.2) is 36.4 Å². The SMILES string of the molecule is Cc1cc(C(=O)Nc2c(C)cccc2Cl)ccc1F. The van der Waals surface area contributed by atoms with E-state index in [4.69, 9.17) is 11.6 Å². The Kier molecular flexibility index (Phi) is 3.86. The van der Waals surface area contributed by atoms with Gasteiger partial charge in [-0.15, -0.1) is 0 Å². The van der Waals surface area contributed by atoms with Crippen LogP contribution in [-0.2, 0) is 0 Å². The molecule has 0 aliphatic carbocycles. The number of rotatable bonds is 2. The van der Waals surface area contributed by atoms with Gasteiger partial charge in [-0.1, -0.05) is 23.7 Å². The van der Waals surface area contributed by atoms with E-state index in [1.165, 1.54) is 18.2 Å². The average molecular weight is 278 g/mol. The van der Waals surface area contributed by atoms with Crippen LogP contribution in [-0.4, -0.2) is 5.91 Å². The average Bonchev–Trinajstić information content (AvgIpc) is 2.37. The number of halogens is 2. The summed E-state index contributed by atoms with van der Waals surface area (Å²) in [6.07, 6.45) is 0. The van der Waals surface area contributed by atoms with Crippen molar-refractivity contribution in [3.05, 3.63) is 63.9 Å². The van der Waals surface area contributed by atoms with Crippen molar-refractivity contribution in [2.24, 2.45) is 0 Å². The van der Waals surface area contributed by atoms with Crippen LogP contribution in [0.4, 0.5) is 10.1 Å². The van der Waals surface area contributed by atoms with E-state index in [2.05, 4.69) is 5.32 Å². The molecular formula is C15H13ClFNO. The molecule has 4 heteroatoms. The highest BCUT2D eigenvalue weighted by molar-refractivity contribution is 6.34. The molecule has 0 aromatic heterocycles. The standard InChI is InChI=1S/C15H13ClFNO/c1-9-4-3-5-12(16)14(9)18-15(19)11-6-7-13(17)10(2)8-11/h3-8H,1-2H3,(H,18,19). The Bertz CT molecular complexity index is 620. The first-order chi connectivity index (χ1) is 8.99. The number of hydrogen-bond acceptors (Lipinski definition) is 1. The van der Waals surface area contributed by atoms with Crippen LogP contribution in [0, 0.1) is 19.7 Å². The van der Waals surface area contributed by atoms with Crippen LogP contribution in [0.3, 0.4) is 0 Å². The maximum atomic E-state index is 13.2. The first kappa shape index (κ1) is 13.6. The predicted octanol–water partition coefficient (Wildman–Crippen LogP) is 4.35. The smallest absolute Gasteiger partial charge is 0.255 e. The normalized spacial score (nSPS) is 10.3. The number of benzene rings is 2. The molecule has 0 atom stereocenters. The van der Waals surface area contributed by atoms with Gasteiger partial charge in [0, 0.05) is 5.56 Å². The first-order valence-electron chi connectivity index (χ1n) is 5.81. The quantitative estimate of drug-likeness (QED) is 0.869. The van der Waals surface area contributed by atoms with Gasteiger partial charge in [-0.05, 0) is 49.2 Å². The van der Waals surface area contributed by atoms with E-state index in [-0.39, 0.29) is 11.7 Å². The van der Waals surface area contributed by atoms with Crippen molar-refractivity contribution in [2.45, 2.75) is 13.8 Å². The molecule has 0 radical (unpaired) electrons. The van der Waals surface area contributed by atoms with Gasteiger partial charge in [0.05, 0.1) is 10.7 Å². The fourth-order valence-electron chi connectivity index (χ4n) is 1.76. The number of amides is 1. The lowest BCUT2D eigenvalue weighted by Crippen LogP contribution is -2.13. The van der Waals surface area contributed by atoms with E-state index in [0.29, 0.717) is 21.8 Å². The van der Waals surface area contributed by atoms with E-state index in [0.717, 1.165) is 5.56 Å². The van der Waals surface area contributed by atoms with E-state index >= 15 is 0 Å². The molecule has 0 aliphatic heterocycles. The zero-order valence-corrected chi connectivity index (χ0v) is 11.4. The Morgan fingerprint density at radius 3 is 2.53 bits per heavy atom. The molecule has 2 aromatic rings. The summed E-state index contributed by atoms with van der Waals surface area (Å²) in [5.41, 5.74) is 2.29. The molecule has 0 heterocycles. The van der Waals surface area contributed by atoms with Gasteiger partial charge in [0.25, 0.3) is 5.91 Å². The second kappa shape index (κ2) is 5.41. The maximum absolute atomic E-state index is 13.2. The van der Waals surface area contributed by atoms with Gasteiger partial charge in [0.15, 0.2) is 0 Å². The zero-order chi connectivity index (χ0) is 14.0. The summed E-state index contributed by atoms with van der Waals surface area (Å²) in [7, 11) is 0. The maximum Gasteiger partial charge on any atom is 0.255 e. The summed E-state index contributed by atoms with van der Waals surface area (Å²) in [4.78, 5) is 12.1. The number of carbonyl (C=O) groups excluding carboxylic acids is 1. The minimum Gasteiger partial charge on any atom is -0.320 e. The number of nitrogens with one attached hydrogen (secondary N) is 1. The third kappa shape index (κ3) is 2.93. The van der Waals surface area contributed by atoms with Crippen LogP contribution in [0.5, 0.6) is 0 Å². The summed E-state index contributed by atoms with van der Waals surface area (Å²) in [6, 6.07) is 9.62. The number of aryl methyl sites for hydroxylation is 2. The fourth-order valence-corrected chi connectivity index (χ4v) is 2.03. The Morgan fingerprint density at radius 1 is 1.16 bits per heavy atom. The highest BCUT2D eigenvalue weighted by Gasteiger charge is 2.11. The summed E-state index contributed by atoms with van der Waals surface area (Å²) >= 11 is 6.04. The van der Waals surface area contributed by atoms with E-state index < -0.39 is 0 Å². The lowest BCUT2D eigenvalue weighted by atomic mass is 10.1. The Morgan fingerprint density at radius 2 is 1.89 bits per heavy atom. The van der Waals surface area contributed by atoms with E-state index in [1.54, 1.807) is 13.0 Å². The molecule has 0 bridgehead atoms. The van der Waals surface area contributed by atoms with Crippen molar-refractivity contribution < 1.29 is 9.18 Å². The third-order valence-corrected chi connectivity index (χ3v) is 3.20. The summed E-state index contributed by atoms with van der Waals surface area (Å²) in [5.74, 6) is -0.634. The van der Waals surface area contributed by atoms with Crippen molar-refractivity contribution in [1.82, 2.24) is 0 Å². The Labute approximate surface area is 116 Å². The third-order valence-electron chi connectivity index (χ3n) is 2.88. The molecule has 0 fully saturated rings. The predicted molar refractivity (Wildman–Crippen MR) is 75.3 cm³/mol. The molecule has 1 amide bonds. The van der Waals surface area contributed by atoms with Gasteiger partial charge in [0.1, 0.15) is 5.82 Å². The van der Waals surface area contributed by atoms with Gasteiger partial charge >= 0.3 is 0 Å². The lowest BCUT2D eigenvalue weighted by Gasteiger charge is -2.10. The van der Waals surface area contributed by atoms with E-state index in [1.807, 2.05) is 19.1 Å². The van der Waals surface area contributed by atoms with Gasteiger partial charge in [-0.25, -0.2) is 4.39 Å². The largest absolute Gasteiger partial charge is 0.320 e. The number of para-hydroxylation sites is 1. The molecule has 2 rings (SSSR count). The van der Waals surface area contributed by atoms with E-state index in [9.17, 15) is 9.18 Å². The molecule has 0 saturated heterocycles. The topological polar surface area (TPSA) is 29.1 Å². The highest BCUT2D eigenvalue weighted by atomic mass is 35.5. The molecule has 19 heavy (non-hydrogen) atoms. The molecule has 98 valence electrons. The molecule has 0 unspecified atom stereocenters. The van der Waals surface area contributed by atoms with Crippen LogP contribution < -0.4 is 5.32 Å². The Hall–Kier alpha value is -1.87. The minimum absolute atomic E-state index is 0.306. The molecule has 0 aliphatic rings. The summed E-state index contributed by atoms with van der Waals surface area (Å²) in [6.45, 7) is 3.48. The fraction of sp³-hybridized carbons (Fsp3) is 0.133. The van der Waals surface area contributed by atoms with Crippen molar-refractivity contribution in [3.8, 4) is 0 Å². The summed E-state index contributed by atoms with van der Waals surface area (Å²) in [5, 5.41) is 3.23. The molecule has 2 aromatic carbocycles. The molecule has 0 saturated carbocycles. The van der Waals surface area contributed by atoms with Crippen LogP contribution in [0.2, 0.25) is 5.02 Å². The van der Waals surface area contributed by atoms with Crippen molar-refractivity contribution in [1.29, 1.82) is 0 Å².